The van der Waals surface area contributed by atoms with Crippen molar-refractivity contribution in [3.05, 3.63) is 70.8 Å². The lowest BCUT2D eigenvalue weighted by Crippen LogP contribution is -2.36. The second-order valence-electron chi connectivity index (χ2n) is 6.22. The number of amides is 4. The summed E-state index contributed by atoms with van der Waals surface area (Å²) in [6, 6.07) is 15.0. The summed E-state index contributed by atoms with van der Waals surface area (Å²) < 4.78 is 0. The van der Waals surface area contributed by atoms with Crippen molar-refractivity contribution in [3.8, 4) is 0 Å². The number of rotatable bonds is 2. The first-order chi connectivity index (χ1) is 11.5. The third-order valence-electron chi connectivity index (χ3n) is 4.37. The zero-order chi connectivity index (χ0) is 16.8. The summed E-state index contributed by atoms with van der Waals surface area (Å²) in [7, 11) is 0. The minimum atomic E-state index is -0.493. The summed E-state index contributed by atoms with van der Waals surface area (Å²) in [4.78, 5) is 25.0. The molecule has 0 radical (unpaired) electrons. The average Bonchev–Trinajstić information content (AvgIpc) is 3.07. The van der Waals surface area contributed by atoms with Crippen molar-refractivity contribution >= 4 is 12.1 Å². The van der Waals surface area contributed by atoms with E-state index in [1.807, 2.05) is 62.4 Å². The summed E-state index contributed by atoms with van der Waals surface area (Å²) in [6.07, 6.45) is -0.987. The van der Waals surface area contributed by atoms with E-state index < -0.39 is 12.3 Å². The van der Waals surface area contributed by atoms with E-state index in [1.165, 1.54) is 10.0 Å². The minimum Gasteiger partial charge on any atom is -0.310 e. The number of carbonyl (C=O) groups is 2. The van der Waals surface area contributed by atoms with Crippen LogP contribution in [0.2, 0.25) is 0 Å². The maximum Gasteiger partial charge on any atom is 0.340 e. The molecule has 6 nitrogen and oxygen atoms in total. The van der Waals surface area contributed by atoms with Crippen LogP contribution in [0.5, 0.6) is 0 Å². The van der Waals surface area contributed by atoms with Crippen molar-refractivity contribution < 1.29 is 9.59 Å². The SMILES string of the molecule is Cc1cccc([C@@H]2NC(=O)N3[C@H](c4cccc(C)c4)NC(=O)N23)c1. The minimum absolute atomic E-state index is 0.286. The molecule has 2 aliphatic rings. The highest BCUT2D eigenvalue weighted by atomic mass is 16.2. The van der Waals surface area contributed by atoms with E-state index in [4.69, 9.17) is 0 Å². The van der Waals surface area contributed by atoms with Gasteiger partial charge in [0.25, 0.3) is 0 Å². The van der Waals surface area contributed by atoms with Crippen LogP contribution in [0.1, 0.15) is 34.6 Å². The van der Waals surface area contributed by atoms with Crippen molar-refractivity contribution in [1.82, 2.24) is 20.7 Å². The van der Waals surface area contributed by atoms with E-state index in [1.54, 1.807) is 0 Å². The van der Waals surface area contributed by atoms with E-state index in [9.17, 15) is 9.59 Å². The monoisotopic (exact) mass is 322 g/mol. The fraction of sp³-hybridized carbons (Fsp3) is 0.222. The van der Waals surface area contributed by atoms with Gasteiger partial charge >= 0.3 is 12.1 Å². The van der Waals surface area contributed by atoms with Crippen LogP contribution in [-0.2, 0) is 0 Å². The first kappa shape index (κ1) is 14.6. The molecule has 0 aromatic heterocycles. The van der Waals surface area contributed by atoms with Crippen LogP contribution in [0.25, 0.3) is 0 Å². The van der Waals surface area contributed by atoms with Gasteiger partial charge in [0.05, 0.1) is 0 Å². The number of hydrazine groups is 1. The molecular formula is C18H18N4O2. The highest BCUT2D eigenvalue weighted by molar-refractivity contribution is 5.88. The van der Waals surface area contributed by atoms with E-state index in [0.717, 1.165) is 22.3 Å². The zero-order valence-electron chi connectivity index (χ0n) is 13.5. The van der Waals surface area contributed by atoms with Crippen molar-refractivity contribution in [2.75, 3.05) is 0 Å². The molecule has 0 aliphatic carbocycles. The molecule has 2 heterocycles. The Morgan fingerprint density at radius 1 is 0.750 bits per heavy atom. The normalized spacial score (nSPS) is 22.4. The first-order valence-electron chi connectivity index (χ1n) is 7.87. The van der Waals surface area contributed by atoms with Gasteiger partial charge in [-0.05, 0) is 25.0 Å². The van der Waals surface area contributed by atoms with Crippen LogP contribution in [0.4, 0.5) is 9.59 Å². The fourth-order valence-corrected chi connectivity index (χ4v) is 3.30. The van der Waals surface area contributed by atoms with E-state index >= 15 is 0 Å². The van der Waals surface area contributed by atoms with Gasteiger partial charge in [0.2, 0.25) is 0 Å². The van der Waals surface area contributed by atoms with Gasteiger partial charge in [0, 0.05) is 0 Å². The molecule has 2 N–H and O–H groups in total. The van der Waals surface area contributed by atoms with Gasteiger partial charge in [-0.2, -0.15) is 0 Å². The van der Waals surface area contributed by atoms with Crippen LogP contribution in [-0.4, -0.2) is 22.1 Å². The maximum absolute atomic E-state index is 12.5. The van der Waals surface area contributed by atoms with Gasteiger partial charge in [0.1, 0.15) is 0 Å². The van der Waals surface area contributed by atoms with E-state index in [2.05, 4.69) is 10.6 Å². The third kappa shape index (κ3) is 2.19. The highest BCUT2D eigenvalue weighted by Crippen LogP contribution is 2.36. The second kappa shape index (κ2) is 5.26. The smallest absolute Gasteiger partial charge is 0.310 e. The summed E-state index contributed by atoms with van der Waals surface area (Å²) in [6.45, 7) is 3.97. The number of hydrogen-bond donors (Lipinski definition) is 2. The maximum atomic E-state index is 12.5. The average molecular weight is 322 g/mol. The Labute approximate surface area is 140 Å². The molecule has 122 valence electrons. The lowest BCUT2D eigenvalue weighted by Gasteiger charge is -2.24. The molecule has 24 heavy (non-hydrogen) atoms. The summed E-state index contributed by atoms with van der Waals surface area (Å²) in [5.41, 5.74) is 3.92. The molecule has 0 spiro atoms. The number of fused-ring (bicyclic) bond motifs is 1. The molecular weight excluding hydrogens is 304 g/mol. The summed E-state index contributed by atoms with van der Waals surface area (Å²) >= 11 is 0. The molecule has 2 aliphatic heterocycles. The van der Waals surface area contributed by atoms with Gasteiger partial charge < -0.3 is 10.6 Å². The van der Waals surface area contributed by atoms with Crippen molar-refractivity contribution in [2.24, 2.45) is 0 Å². The predicted molar refractivity (Wildman–Crippen MR) is 88.6 cm³/mol. The van der Waals surface area contributed by atoms with Crippen molar-refractivity contribution in [2.45, 2.75) is 26.2 Å². The molecule has 2 aromatic rings. The number of nitrogens with zero attached hydrogens (tertiary/aromatic N) is 2. The van der Waals surface area contributed by atoms with Gasteiger partial charge in [-0.3, -0.25) is 0 Å². The van der Waals surface area contributed by atoms with Gasteiger partial charge in [0.15, 0.2) is 12.3 Å². The van der Waals surface area contributed by atoms with Crippen molar-refractivity contribution in [3.63, 3.8) is 0 Å². The Kier molecular flexibility index (Phi) is 3.19. The molecule has 2 fully saturated rings. The molecule has 2 atom stereocenters. The molecule has 0 saturated carbocycles. The Bertz CT molecular complexity index is 766. The standard InChI is InChI=1S/C18H18N4O2/c1-11-5-3-7-13(9-11)15-19-17(23)22-16(20-18(24)21(15)22)14-8-4-6-12(2)10-14/h3-10,15-16H,1-2H3,(H,19,23)(H,20,24)/t15-,16-/m1/s1. The van der Waals surface area contributed by atoms with Crippen molar-refractivity contribution in [1.29, 1.82) is 0 Å². The molecule has 0 bridgehead atoms. The Hall–Kier alpha value is -3.02. The number of benzene rings is 2. The van der Waals surface area contributed by atoms with Crippen LogP contribution >= 0.6 is 0 Å². The quantitative estimate of drug-likeness (QED) is 0.893. The molecule has 4 amide bonds. The highest BCUT2D eigenvalue weighted by Gasteiger charge is 2.51. The number of carbonyl (C=O) groups excluding carboxylic acids is 2. The second-order valence-corrected chi connectivity index (χ2v) is 6.22. The van der Waals surface area contributed by atoms with Gasteiger partial charge in [-0.1, -0.05) is 59.7 Å². The van der Waals surface area contributed by atoms with Gasteiger partial charge in [-0.25, -0.2) is 19.6 Å². The lowest BCUT2D eigenvalue weighted by molar-refractivity contribution is 0.0671. The first-order valence-corrected chi connectivity index (χ1v) is 7.87. The van der Waals surface area contributed by atoms with Gasteiger partial charge in [-0.15, -0.1) is 0 Å². The lowest BCUT2D eigenvalue weighted by atomic mass is 10.1. The Morgan fingerprint density at radius 2 is 1.17 bits per heavy atom. The molecule has 4 rings (SSSR count). The largest absolute Gasteiger partial charge is 0.340 e. The molecule has 2 aromatic carbocycles. The number of nitrogens with one attached hydrogen (secondary N) is 2. The van der Waals surface area contributed by atoms with E-state index in [0.29, 0.717) is 0 Å². The van der Waals surface area contributed by atoms with Crippen LogP contribution in [0.3, 0.4) is 0 Å². The van der Waals surface area contributed by atoms with Crippen LogP contribution in [0, 0.1) is 13.8 Å². The molecule has 6 heteroatoms. The third-order valence-corrected chi connectivity index (χ3v) is 4.37. The summed E-state index contributed by atoms with van der Waals surface area (Å²) in [5, 5.41) is 8.72. The molecule has 2 saturated heterocycles. The number of hydrogen-bond acceptors (Lipinski definition) is 2. The molecule has 0 unspecified atom stereocenters. The topological polar surface area (TPSA) is 64.7 Å². The fourth-order valence-electron chi connectivity index (χ4n) is 3.30. The summed E-state index contributed by atoms with van der Waals surface area (Å²) in [5.74, 6) is 0. The number of urea groups is 2. The van der Waals surface area contributed by atoms with Crippen LogP contribution < -0.4 is 10.6 Å². The number of aryl methyl sites for hydroxylation is 2. The Morgan fingerprint density at radius 3 is 1.54 bits per heavy atom. The zero-order valence-corrected chi connectivity index (χ0v) is 13.5. The van der Waals surface area contributed by atoms with E-state index in [-0.39, 0.29) is 12.1 Å². The Balaban J connectivity index is 1.72. The predicted octanol–water partition coefficient (Wildman–Crippen LogP) is 2.97. The van der Waals surface area contributed by atoms with Crippen LogP contribution in [0.15, 0.2) is 48.5 Å².